The number of hydrogen-bond donors (Lipinski definition) is 3. The second-order valence-electron chi connectivity index (χ2n) is 15.6. The summed E-state index contributed by atoms with van der Waals surface area (Å²) in [4.78, 5) is 71.3. The highest BCUT2D eigenvalue weighted by Gasteiger charge is 2.62. The minimum absolute atomic E-state index is 0.103. The lowest BCUT2D eigenvalue weighted by atomic mass is 9.85. The smallest absolute Gasteiger partial charge is 0.410 e. The Balaban J connectivity index is 1.25. The van der Waals surface area contributed by atoms with Crippen LogP contribution in [-0.4, -0.2) is 96.9 Å². The number of carbonyl (C=O) groups is 5. The minimum Gasteiger partial charge on any atom is -0.490 e. The van der Waals surface area contributed by atoms with E-state index in [1.165, 1.54) is 15.9 Å². The molecule has 3 aliphatic heterocycles. The van der Waals surface area contributed by atoms with E-state index in [9.17, 15) is 32.4 Å². The molecule has 3 fully saturated rings. The number of sulfonamides is 1. The summed E-state index contributed by atoms with van der Waals surface area (Å²) in [5, 5.41) is 4.76. The lowest BCUT2D eigenvalue weighted by molar-refractivity contribution is -0.142. The molecule has 1 aromatic carbocycles. The number of carbonyl (C=O) groups excluding carboxylic acids is 5. The fraction of sp³-hybridized carbons (Fsp3) is 0.595. The van der Waals surface area contributed by atoms with E-state index in [1.807, 2.05) is 30.4 Å². The fourth-order valence-electron chi connectivity index (χ4n) is 7.03. The van der Waals surface area contributed by atoms with Crippen LogP contribution in [0.1, 0.15) is 76.8 Å². The molecule has 1 unspecified atom stereocenters. The predicted molar refractivity (Wildman–Crippen MR) is 192 cm³/mol. The third-order valence-electron chi connectivity index (χ3n) is 10.4. The van der Waals surface area contributed by atoms with Crippen LogP contribution in [-0.2, 0) is 47.0 Å². The molecule has 16 heteroatoms. The van der Waals surface area contributed by atoms with Crippen molar-refractivity contribution in [1.29, 1.82) is 0 Å². The summed E-state index contributed by atoms with van der Waals surface area (Å²) in [6.07, 6.45) is 6.07. The van der Waals surface area contributed by atoms with Crippen molar-refractivity contribution < 1.29 is 46.6 Å². The summed E-state index contributed by atoms with van der Waals surface area (Å²) >= 11 is 0. The molecular weight excluding hydrogens is 706 g/mol. The first kappa shape index (κ1) is 38.1. The van der Waals surface area contributed by atoms with Crippen molar-refractivity contribution in [3.63, 3.8) is 0 Å². The number of rotatable bonds is 6. The van der Waals surface area contributed by atoms with Crippen molar-refractivity contribution in [1.82, 2.24) is 25.2 Å². The average molecular weight is 756 g/mol. The maximum Gasteiger partial charge on any atom is 0.410 e. The number of alkyl carbamates (subject to hydrolysis) is 1. The summed E-state index contributed by atoms with van der Waals surface area (Å²) < 4.78 is 44.7. The van der Waals surface area contributed by atoms with Crippen molar-refractivity contribution in [2.45, 2.75) is 108 Å². The predicted octanol–water partition coefficient (Wildman–Crippen LogP) is 3.04. The van der Waals surface area contributed by atoms with E-state index in [0.717, 1.165) is 24.0 Å². The zero-order valence-electron chi connectivity index (χ0n) is 30.4. The van der Waals surface area contributed by atoms with Gasteiger partial charge in [0.25, 0.3) is 5.91 Å². The molecular formula is C37H49N5O10S. The molecule has 5 aliphatic rings. The zero-order chi connectivity index (χ0) is 38.1. The summed E-state index contributed by atoms with van der Waals surface area (Å²) in [5.41, 5.74) is -0.567. The molecule has 3 heterocycles. The molecule has 5 bridgehead atoms. The van der Waals surface area contributed by atoms with Crippen molar-refractivity contribution in [3.05, 3.63) is 54.1 Å². The average Bonchev–Trinajstić information content (AvgIpc) is 3.99. The molecule has 5 atom stereocenters. The first-order valence-corrected chi connectivity index (χ1v) is 19.8. The highest BCUT2D eigenvalue weighted by molar-refractivity contribution is 7.91. The summed E-state index contributed by atoms with van der Waals surface area (Å²) in [6.45, 7) is 9.94. The van der Waals surface area contributed by atoms with Crippen LogP contribution < -0.4 is 20.1 Å². The lowest BCUT2D eigenvalue weighted by Gasteiger charge is -2.35. The molecule has 2 saturated carbocycles. The third-order valence-corrected chi connectivity index (χ3v) is 12.2. The van der Waals surface area contributed by atoms with Crippen LogP contribution in [0.25, 0.3) is 0 Å². The molecule has 5 amide bonds. The summed E-state index contributed by atoms with van der Waals surface area (Å²) in [5.74, 6) is -2.09. The van der Waals surface area contributed by atoms with E-state index in [1.54, 1.807) is 20.8 Å². The van der Waals surface area contributed by atoms with Gasteiger partial charge in [0.15, 0.2) is 0 Å². The fourth-order valence-corrected chi connectivity index (χ4v) is 8.40. The van der Waals surface area contributed by atoms with Crippen molar-refractivity contribution >= 4 is 39.9 Å². The Labute approximate surface area is 309 Å². The van der Waals surface area contributed by atoms with Gasteiger partial charge < -0.3 is 29.7 Å². The Bertz CT molecular complexity index is 1790. The van der Waals surface area contributed by atoms with Crippen molar-refractivity contribution in [2.24, 2.45) is 11.3 Å². The second-order valence-corrected chi connectivity index (χ2v) is 17.5. The molecule has 15 nitrogen and oxygen atoms in total. The van der Waals surface area contributed by atoms with E-state index < -0.39 is 80.2 Å². The van der Waals surface area contributed by atoms with Gasteiger partial charge in [-0.25, -0.2) is 18.0 Å². The molecule has 0 spiro atoms. The second kappa shape index (κ2) is 15.0. The molecule has 1 saturated heterocycles. The Hall–Kier alpha value is -4.60. The SMILES string of the molecule is C=C[C@H]1C[C@@]1(NC(=O)C1C[C@@H]2CN1C(=O)[C@H](C(C)(C)C)NC(=O)OCCCC/C=C/COc1ccc3c(c1)CN(C3)C(=O)O2)C(=O)NS(=O)(=O)C1CC1. The zero-order valence-corrected chi connectivity index (χ0v) is 31.2. The number of benzene rings is 1. The highest BCUT2D eigenvalue weighted by atomic mass is 32.2. The quantitative estimate of drug-likeness (QED) is 0.364. The molecule has 3 N–H and O–H groups in total. The van der Waals surface area contributed by atoms with E-state index in [-0.39, 0.29) is 32.5 Å². The van der Waals surface area contributed by atoms with Crippen molar-refractivity contribution in [2.75, 3.05) is 19.8 Å². The Morgan fingerprint density at radius 1 is 1.06 bits per heavy atom. The minimum atomic E-state index is -3.92. The van der Waals surface area contributed by atoms with Crippen LogP contribution in [0.5, 0.6) is 5.75 Å². The Morgan fingerprint density at radius 2 is 1.81 bits per heavy atom. The number of nitrogens with zero attached hydrogens (tertiary/aromatic N) is 2. The monoisotopic (exact) mass is 755 g/mol. The van der Waals surface area contributed by atoms with Crippen LogP contribution >= 0.6 is 0 Å². The van der Waals surface area contributed by atoms with E-state index in [0.29, 0.717) is 38.2 Å². The number of amides is 5. The van der Waals surface area contributed by atoms with Crippen LogP contribution in [0.4, 0.5) is 9.59 Å². The van der Waals surface area contributed by atoms with Gasteiger partial charge in [0, 0.05) is 25.4 Å². The van der Waals surface area contributed by atoms with Crippen LogP contribution in [0.3, 0.4) is 0 Å². The first-order chi connectivity index (χ1) is 25.1. The normalized spacial score (nSPS) is 28.9. The maximum absolute atomic E-state index is 14.4. The highest BCUT2D eigenvalue weighted by Crippen LogP contribution is 2.45. The molecule has 1 aromatic rings. The number of nitrogens with one attached hydrogen (secondary N) is 3. The van der Waals surface area contributed by atoms with Gasteiger partial charge in [-0.1, -0.05) is 45.1 Å². The van der Waals surface area contributed by atoms with Gasteiger partial charge in [-0.3, -0.25) is 24.0 Å². The van der Waals surface area contributed by atoms with Crippen molar-refractivity contribution in [3.8, 4) is 5.75 Å². The number of ether oxygens (including phenoxy) is 3. The number of cyclic esters (lactones) is 1. The van der Waals surface area contributed by atoms with Gasteiger partial charge in [0.1, 0.15) is 36.1 Å². The van der Waals surface area contributed by atoms with Crippen LogP contribution in [0.2, 0.25) is 0 Å². The number of fused-ring (bicyclic) bond motifs is 4. The van der Waals surface area contributed by atoms with Gasteiger partial charge in [-0.15, -0.1) is 6.58 Å². The van der Waals surface area contributed by atoms with Crippen LogP contribution in [0.15, 0.2) is 43.0 Å². The summed E-state index contributed by atoms with van der Waals surface area (Å²) in [7, 11) is -3.92. The van der Waals surface area contributed by atoms with Gasteiger partial charge in [-0.05, 0) is 67.2 Å². The van der Waals surface area contributed by atoms with Gasteiger partial charge in [-0.2, -0.15) is 0 Å². The molecule has 53 heavy (non-hydrogen) atoms. The van der Waals surface area contributed by atoms with Gasteiger partial charge in [0.05, 0.1) is 18.4 Å². The molecule has 0 radical (unpaired) electrons. The lowest BCUT2D eigenvalue weighted by Crippen LogP contribution is -2.60. The number of allylic oxidation sites excluding steroid dienone is 1. The maximum atomic E-state index is 14.4. The third kappa shape index (κ3) is 8.63. The Kier molecular flexibility index (Phi) is 10.8. The molecule has 6 rings (SSSR count). The number of hydrogen-bond acceptors (Lipinski definition) is 10. The topological polar surface area (TPSA) is 190 Å². The van der Waals surface area contributed by atoms with Gasteiger partial charge >= 0.3 is 12.2 Å². The van der Waals surface area contributed by atoms with E-state index in [4.69, 9.17) is 14.2 Å². The molecule has 288 valence electrons. The van der Waals surface area contributed by atoms with Gasteiger partial charge in [0.2, 0.25) is 21.8 Å². The largest absolute Gasteiger partial charge is 0.490 e. The standard InChI is InChI=1S/C37H49N5O10S/c1-5-25-19-37(25,33(45)40-53(48,49)28-13-14-28)39-31(43)29-18-27-22-42(29)32(44)30(36(2,3)4)38-34(46)51-16-10-8-6-7-9-15-50-26-12-11-23-20-41(35(47)52-27)21-24(23)17-26/h5,7,9,11-12,17,25,27-30H,1,6,8,10,13-16,18-22H2,2-4H3,(H,38,46)(H,39,43)(H,40,45)/b9-7+/t25-,27+,29?,30+,37-/m0/s1. The molecule has 0 aromatic heterocycles. The Morgan fingerprint density at radius 3 is 2.51 bits per heavy atom. The molecule has 2 aliphatic carbocycles. The first-order valence-electron chi connectivity index (χ1n) is 18.2. The summed E-state index contributed by atoms with van der Waals surface area (Å²) in [6, 6.07) is 3.28. The van der Waals surface area contributed by atoms with Crippen LogP contribution in [0, 0.1) is 11.3 Å². The van der Waals surface area contributed by atoms with E-state index >= 15 is 0 Å². The van der Waals surface area contributed by atoms with E-state index in [2.05, 4.69) is 21.9 Å².